The SMILES string of the molecule is Cc1cc(Cl)ccc1NC(=O)c1cnc(NCc2ccc3c(c2)OCO3)cn1. The van der Waals surface area contributed by atoms with E-state index in [0.29, 0.717) is 23.1 Å². The molecule has 0 saturated carbocycles. The highest BCUT2D eigenvalue weighted by Crippen LogP contribution is 2.32. The zero-order valence-corrected chi connectivity index (χ0v) is 15.8. The molecule has 0 radical (unpaired) electrons. The predicted molar refractivity (Wildman–Crippen MR) is 106 cm³/mol. The number of nitrogens with zero attached hydrogens (tertiary/aromatic N) is 2. The second-order valence-electron chi connectivity index (χ2n) is 6.24. The summed E-state index contributed by atoms with van der Waals surface area (Å²) in [4.78, 5) is 20.8. The number of hydrogen-bond donors (Lipinski definition) is 2. The largest absolute Gasteiger partial charge is 0.454 e. The lowest BCUT2D eigenvalue weighted by Crippen LogP contribution is -2.15. The van der Waals surface area contributed by atoms with Gasteiger partial charge < -0.3 is 20.1 Å². The minimum atomic E-state index is -0.333. The number of nitrogens with one attached hydrogen (secondary N) is 2. The Morgan fingerprint density at radius 1 is 1.11 bits per heavy atom. The van der Waals surface area contributed by atoms with Crippen LogP contribution >= 0.6 is 11.6 Å². The predicted octanol–water partition coefficient (Wildman–Crippen LogP) is 4.03. The third-order valence-corrected chi connectivity index (χ3v) is 4.47. The molecule has 28 heavy (non-hydrogen) atoms. The normalized spacial score (nSPS) is 11.9. The summed E-state index contributed by atoms with van der Waals surface area (Å²) in [7, 11) is 0. The van der Waals surface area contributed by atoms with Crippen molar-refractivity contribution in [1.29, 1.82) is 0 Å². The third-order valence-electron chi connectivity index (χ3n) is 4.23. The summed E-state index contributed by atoms with van der Waals surface area (Å²) in [5.41, 5.74) is 2.80. The van der Waals surface area contributed by atoms with E-state index in [0.717, 1.165) is 22.6 Å². The van der Waals surface area contributed by atoms with Crippen LogP contribution in [0.4, 0.5) is 11.5 Å². The molecule has 0 unspecified atom stereocenters. The summed E-state index contributed by atoms with van der Waals surface area (Å²) < 4.78 is 10.7. The lowest BCUT2D eigenvalue weighted by molar-refractivity contribution is 0.102. The Hall–Kier alpha value is -3.32. The maximum atomic E-state index is 12.4. The van der Waals surface area contributed by atoms with E-state index in [1.807, 2.05) is 25.1 Å². The van der Waals surface area contributed by atoms with E-state index in [1.54, 1.807) is 18.2 Å². The van der Waals surface area contributed by atoms with Gasteiger partial charge in [0.05, 0.1) is 12.4 Å². The number of amides is 1. The topological polar surface area (TPSA) is 85.4 Å². The van der Waals surface area contributed by atoms with Crippen molar-refractivity contribution >= 4 is 29.0 Å². The molecule has 1 aromatic heterocycles. The maximum absolute atomic E-state index is 12.4. The van der Waals surface area contributed by atoms with Gasteiger partial charge in [-0.3, -0.25) is 4.79 Å². The fourth-order valence-electron chi connectivity index (χ4n) is 2.73. The maximum Gasteiger partial charge on any atom is 0.275 e. The van der Waals surface area contributed by atoms with Crippen LogP contribution in [0.3, 0.4) is 0 Å². The van der Waals surface area contributed by atoms with Crippen LogP contribution < -0.4 is 20.1 Å². The molecule has 8 heteroatoms. The van der Waals surface area contributed by atoms with Crippen LogP contribution in [-0.4, -0.2) is 22.7 Å². The zero-order valence-electron chi connectivity index (χ0n) is 15.0. The Bertz CT molecular complexity index is 1020. The quantitative estimate of drug-likeness (QED) is 0.677. The van der Waals surface area contributed by atoms with Gasteiger partial charge in [-0.1, -0.05) is 17.7 Å². The number of benzene rings is 2. The van der Waals surface area contributed by atoms with Crippen molar-refractivity contribution in [2.45, 2.75) is 13.5 Å². The molecule has 0 saturated heterocycles. The van der Waals surface area contributed by atoms with Gasteiger partial charge in [0.15, 0.2) is 11.5 Å². The van der Waals surface area contributed by atoms with Crippen molar-refractivity contribution < 1.29 is 14.3 Å². The summed E-state index contributed by atoms with van der Waals surface area (Å²) in [6.07, 6.45) is 2.96. The van der Waals surface area contributed by atoms with Crippen LogP contribution in [0.5, 0.6) is 11.5 Å². The van der Waals surface area contributed by atoms with Crippen LogP contribution in [0.2, 0.25) is 5.02 Å². The number of ether oxygens (including phenoxy) is 2. The van der Waals surface area contributed by atoms with Gasteiger partial charge in [-0.05, 0) is 48.4 Å². The average molecular weight is 397 g/mol. The van der Waals surface area contributed by atoms with Crippen LogP contribution in [0.1, 0.15) is 21.6 Å². The first-order valence-corrected chi connectivity index (χ1v) is 8.98. The highest BCUT2D eigenvalue weighted by molar-refractivity contribution is 6.30. The summed E-state index contributed by atoms with van der Waals surface area (Å²) >= 11 is 5.93. The Labute approximate surface area is 166 Å². The first-order valence-electron chi connectivity index (χ1n) is 8.60. The number of anilines is 2. The Morgan fingerprint density at radius 3 is 2.75 bits per heavy atom. The number of fused-ring (bicyclic) bond motifs is 1. The molecule has 3 aromatic rings. The first-order chi connectivity index (χ1) is 13.6. The van der Waals surface area contributed by atoms with E-state index in [9.17, 15) is 4.79 Å². The van der Waals surface area contributed by atoms with E-state index in [-0.39, 0.29) is 18.4 Å². The number of carbonyl (C=O) groups excluding carboxylic acids is 1. The second-order valence-corrected chi connectivity index (χ2v) is 6.68. The van der Waals surface area contributed by atoms with Crippen LogP contribution in [0.25, 0.3) is 0 Å². The van der Waals surface area contributed by atoms with Crippen molar-refractivity contribution in [1.82, 2.24) is 9.97 Å². The summed E-state index contributed by atoms with van der Waals surface area (Å²) in [5, 5.41) is 6.59. The van der Waals surface area contributed by atoms with Gasteiger partial charge in [0, 0.05) is 17.3 Å². The lowest BCUT2D eigenvalue weighted by Gasteiger charge is -2.09. The van der Waals surface area contributed by atoms with Crippen LogP contribution in [0, 0.1) is 6.92 Å². The van der Waals surface area contributed by atoms with Crippen molar-refractivity contribution in [3.05, 3.63) is 70.6 Å². The number of aryl methyl sites for hydroxylation is 1. The molecule has 2 N–H and O–H groups in total. The van der Waals surface area contributed by atoms with E-state index in [4.69, 9.17) is 21.1 Å². The molecule has 1 aliphatic heterocycles. The van der Waals surface area contributed by atoms with Crippen LogP contribution in [0.15, 0.2) is 48.8 Å². The Morgan fingerprint density at radius 2 is 1.96 bits per heavy atom. The number of rotatable bonds is 5. The molecule has 0 spiro atoms. The zero-order chi connectivity index (χ0) is 19.5. The van der Waals surface area contributed by atoms with Gasteiger partial charge in [-0.25, -0.2) is 9.97 Å². The Balaban J connectivity index is 1.37. The smallest absolute Gasteiger partial charge is 0.275 e. The molecular weight excluding hydrogens is 380 g/mol. The minimum Gasteiger partial charge on any atom is -0.454 e. The highest BCUT2D eigenvalue weighted by atomic mass is 35.5. The highest BCUT2D eigenvalue weighted by Gasteiger charge is 2.13. The minimum absolute atomic E-state index is 0.225. The van der Waals surface area contributed by atoms with E-state index in [2.05, 4.69) is 20.6 Å². The Kier molecular flexibility index (Phi) is 4.99. The first kappa shape index (κ1) is 18.1. The van der Waals surface area contributed by atoms with E-state index < -0.39 is 0 Å². The van der Waals surface area contributed by atoms with Gasteiger partial charge in [0.1, 0.15) is 11.5 Å². The molecule has 142 valence electrons. The standard InChI is InChI=1S/C20H17ClN4O3/c1-12-6-14(21)3-4-15(12)25-20(26)16-9-24-19(10-22-16)23-8-13-2-5-17-18(7-13)28-11-27-17/h2-7,9-10H,8,11H2,1H3,(H,23,24)(H,25,26). The van der Waals surface area contributed by atoms with Gasteiger partial charge in [0.25, 0.3) is 5.91 Å². The van der Waals surface area contributed by atoms with Gasteiger partial charge in [-0.2, -0.15) is 0 Å². The molecular formula is C20H17ClN4O3. The third kappa shape index (κ3) is 3.99. The fraction of sp³-hybridized carbons (Fsp3) is 0.150. The molecule has 0 atom stereocenters. The summed E-state index contributed by atoms with van der Waals surface area (Å²) in [5.74, 6) is 1.71. The second kappa shape index (κ2) is 7.74. The molecule has 0 aliphatic carbocycles. The summed E-state index contributed by atoms with van der Waals surface area (Å²) in [6, 6.07) is 11.0. The van der Waals surface area contributed by atoms with Gasteiger partial charge in [0.2, 0.25) is 6.79 Å². The van der Waals surface area contributed by atoms with Crippen molar-refractivity contribution in [3.8, 4) is 11.5 Å². The van der Waals surface area contributed by atoms with E-state index >= 15 is 0 Å². The van der Waals surface area contributed by atoms with E-state index in [1.165, 1.54) is 12.4 Å². The average Bonchev–Trinajstić information content (AvgIpc) is 3.17. The van der Waals surface area contributed by atoms with Crippen LogP contribution in [-0.2, 0) is 6.54 Å². The molecule has 1 aliphatic rings. The monoisotopic (exact) mass is 396 g/mol. The lowest BCUT2D eigenvalue weighted by atomic mass is 10.2. The van der Waals surface area contributed by atoms with Crippen molar-refractivity contribution in [3.63, 3.8) is 0 Å². The molecule has 4 rings (SSSR count). The molecule has 0 bridgehead atoms. The number of halogens is 1. The molecule has 2 aromatic carbocycles. The van der Waals surface area contributed by atoms with Gasteiger partial charge in [-0.15, -0.1) is 0 Å². The van der Waals surface area contributed by atoms with Crippen molar-refractivity contribution in [2.75, 3.05) is 17.4 Å². The molecule has 2 heterocycles. The van der Waals surface area contributed by atoms with Crippen molar-refractivity contribution in [2.24, 2.45) is 0 Å². The summed E-state index contributed by atoms with van der Waals surface area (Å²) in [6.45, 7) is 2.66. The molecule has 1 amide bonds. The number of carbonyl (C=O) groups is 1. The fourth-order valence-corrected chi connectivity index (χ4v) is 2.96. The molecule has 7 nitrogen and oxygen atoms in total. The molecule has 0 fully saturated rings. The number of hydrogen-bond acceptors (Lipinski definition) is 6. The number of aromatic nitrogens is 2. The van der Waals surface area contributed by atoms with Gasteiger partial charge >= 0.3 is 0 Å².